The number of rotatable bonds is 1. The molecule has 2 N–H and O–H groups in total. The number of halogens is 1. The van der Waals surface area contributed by atoms with E-state index in [0.717, 1.165) is 9.37 Å². The molecule has 1 aliphatic heterocycles. The van der Waals surface area contributed by atoms with Gasteiger partial charge in [-0.25, -0.2) is 4.90 Å². The fraction of sp³-hybridized carbons (Fsp3) is 0. The van der Waals surface area contributed by atoms with Crippen molar-refractivity contribution in [3.63, 3.8) is 0 Å². The summed E-state index contributed by atoms with van der Waals surface area (Å²) < 4.78 is 0.766. The van der Waals surface area contributed by atoms with E-state index >= 15 is 0 Å². The number of anilines is 2. The summed E-state index contributed by atoms with van der Waals surface area (Å²) in [5.41, 5.74) is 7.50. The summed E-state index contributed by atoms with van der Waals surface area (Å²) in [5, 5.41) is 0. The van der Waals surface area contributed by atoms with E-state index in [1.807, 2.05) is 0 Å². The Morgan fingerprint density at radius 3 is 2.42 bits per heavy atom. The first-order chi connectivity index (χ1) is 9.08. The quantitative estimate of drug-likeness (QED) is 0.650. The van der Waals surface area contributed by atoms with E-state index in [1.54, 1.807) is 42.5 Å². The molecule has 0 radical (unpaired) electrons. The highest BCUT2D eigenvalue weighted by molar-refractivity contribution is 9.10. The summed E-state index contributed by atoms with van der Waals surface area (Å²) in [6.45, 7) is 0. The monoisotopic (exact) mass is 316 g/mol. The molecule has 94 valence electrons. The van der Waals surface area contributed by atoms with Crippen LogP contribution in [0.1, 0.15) is 20.7 Å². The molecule has 0 atom stereocenters. The van der Waals surface area contributed by atoms with Gasteiger partial charge in [-0.15, -0.1) is 0 Å². The van der Waals surface area contributed by atoms with Crippen LogP contribution in [-0.4, -0.2) is 11.8 Å². The number of amides is 2. The van der Waals surface area contributed by atoms with E-state index in [-0.39, 0.29) is 11.8 Å². The second-order valence-electron chi connectivity index (χ2n) is 4.23. The maximum atomic E-state index is 12.3. The molecule has 0 aromatic heterocycles. The Kier molecular flexibility index (Phi) is 2.64. The number of imide groups is 1. The lowest BCUT2D eigenvalue weighted by Gasteiger charge is -2.14. The molecule has 0 spiro atoms. The number of fused-ring (bicyclic) bond motifs is 1. The maximum Gasteiger partial charge on any atom is 0.266 e. The van der Waals surface area contributed by atoms with Crippen molar-refractivity contribution in [3.8, 4) is 0 Å². The van der Waals surface area contributed by atoms with Crippen LogP contribution in [0.2, 0.25) is 0 Å². The zero-order chi connectivity index (χ0) is 13.6. The molecule has 0 fully saturated rings. The van der Waals surface area contributed by atoms with Crippen molar-refractivity contribution in [2.75, 3.05) is 10.6 Å². The summed E-state index contributed by atoms with van der Waals surface area (Å²) >= 11 is 3.30. The topological polar surface area (TPSA) is 63.4 Å². The van der Waals surface area contributed by atoms with Gasteiger partial charge in [-0.3, -0.25) is 9.59 Å². The Hall–Kier alpha value is -2.14. The summed E-state index contributed by atoms with van der Waals surface area (Å²) in [7, 11) is 0. The van der Waals surface area contributed by atoms with E-state index in [2.05, 4.69) is 15.9 Å². The van der Waals surface area contributed by atoms with E-state index in [9.17, 15) is 9.59 Å². The molecule has 0 unspecified atom stereocenters. The Bertz CT molecular complexity index is 712. The number of nitrogen functional groups attached to an aromatic ring is 1. The highest BCUT2D eigenvalue weighted by atomic mass is 79.9. The van der Waals surface area contributed by atoms with Crippen LogP contribution in [0, 0.1) is 0 Å². The second-order valence-corrected chi connectivity index (χ2v) is 5.15. The minimum Gasteiger partial charge on any atom is -0.399 e. The van der Waals surface area contributed by atoms with Crippen molar-refractivity contribution in [3.05, 3.63) is 58.1 Å². The van der Waals surface area contributed by atoms with Crippen molar-refractivity contribution in [1.82, 2.24) is 0 Å². The second kappa shape index (κ2) is 4.20. The van der Waals surface area contributed by atoms with Gasteiger partial charge in [-0.05, 0) is 36.4 Å². The molecule has 1 heterocycles. The fourth-order valence-corrected chi connectivity index (χ4v) is 2.47. The van der Waals surface area contributed by atoms with Gasteiger partial charge in [0, 0.05) is 10.2 Å². The van der Waals surface area contributed by atoms with Gasteiger partial charge in [-0.1, -0.05) is 22.0 Å². The Morgan fingerprint density at radius 1 is 0.947 bits per heavy atom. The minimum absolute atomic E-state index is 0.321. The summed E-state index contributed by atoms with van der Waals surface area (Å²) in [6.07, 6.45) is 0. The largest absolute Gasteiger partial charge is 0.399 e. The molecule has 2 aromatic rings. The number of carbonyl (C=O) groups excluding carboxylic acids is 2. The number of nitrogens with zero attached hydrogens (tertiary/aromatic N) is 1. The zero-order valence-corrected chi connectivity index (χ0v) is 11.3. The van der Waals surface area contributed by atoms with Crippen LogP contribution in [0.15, 0.2) is 46.9 Å². The lowest BCUT2D eigenvalue weighted by molar-refractivity contribution is 0.0926. The summed E-state index contributed by atoms with van der Waals surface area (Å²) in [6, 6.07) is 11.8. The lowest BCUT2D eigenvalue weighted by Crippen LogP contribution is -2.29. The Morgan fingerprint density at radius 2 is 1.68 bits per heavy atom. The van der Waals surface area contributed by atoms with Crippen LogP contribution >= 0.6 is 15.9 Å². The van der Waals surface area contributed by atoms with Gasteiger partial charge in [-0.2, -0.15) is 0 Å². The summed E-state index contributed by atoms with van der Waals surface area (Å²) in [5.74, 6) is -0.648. The zero-order valence-electron chi connectivity index (χ0n) is 9.76. The van der Waals surface area contributed by atoms with Gasteiger partial charge in [0.05, 0.1) is 16.8 Å². The first-order valence-electron chi connectivity index (χ1n) is 5.62. The third-order valence-electron chi connectivity index (χ3n) is 2.98. The highest BCUT2D eigenvalue weighted by Gasteiger charge is 2.36. The first-order valence-corrected chi connectivity index (χ1v) is 6.41. The van der Waals surface area contributed by atoms with Crippen LogP contribution in [0.3, 0.4) is 0 Å². The third-order valence-corrected chi connectivity index (χ3v) is 3.47. The number of hydrogen-bond acceptors (Lipinski definition) is 3. The Balaban J connectivity index is 2.13. The van der Waals surface area contributed by atoms with E-state index in [1.165, 1.54) is 0 Å². The fourth-order valence-electron chi connectivity index (χ4n) is 2.11. The van der Waals surface area contributed by atoms with Crippen molar-refractivity contribution >= 4 is 39.1 Å². The van der Waals surface area contributed by atoms with Crippen molar-refractivity contribution in [2.24, 2.45) is 0 Å². The predicted octanol–water partition coefficient (Wildman–Crippen LogP) is 2.83. The number of benzene rings is 2. The SMILES string of the molecule is Nc1cccc(N2C(=O)c3ccc(Br)cc3C2=O)c1. The van der Waals surface area contributed by atoms with Crippen LogP contribution in [-0.2, 0) is 0 Å². The number of nitrogens with two attached hydrogens (primary N) is 1. The average Bonchev–Trinajstić information content (AvgIpc) is 2.61. The van der Waals surface area contributed by atoms with Gasteiger partial charge in [0.2, 0.25) is 0 Å². The first kappa shape index (κ1) is 11.9. The maximum absolute atomic E-state index is 12.3. The van der Waals surface area contributed by atoms with Gasteiger partial charge in [0.25, 0.3) is 11.8 Å². The molecule has 4 nitrogen and oxygen atoms in total. The molecule has 2 amide bonds. The summed E-state index contributed by atoms with van der Waals surface area (Å²) in [4.78, 5) is 25.7. The molecular formula is C14H9BrN2O2. The molecule has 0 bridgehead atoms. The molecule has 3 rings (SSSR count). The van der Waals surface area contributed by atoms with Crippen molar-refractivity contribution < 1.29 is 9.59 Å². The van der Waals surface area contributed by atoms with Crippen molar-refractivity contribution in [1.29, 1.82) is 0 Å². The minimum atomic E-state index is -0.327. The standard InChI is InChI=1S/C14H9BrN2O2/c15-8-4-5-11-12(6-8)14(19)17(13(11)18)10-3-1-2-9(16)7-10/h1-7H,16H2. The lowest BCUT2D eigenvalue weighted by atomic mass is 10.1. The predicted molar refractivity (Wildman–Crippen MR) is 76.1 cm³/mol. The Labute approximate surface area is 118 Å². The van der Waals surface area contributed by atoms with E-state index < -0.39 is 0 Å². The van der Waals surface area contributed by atoms with Crippen LogP contribution in [0.5, 0.6) is 0 Å². The third kappa shape index (κ3) is 1.82. The molecule has 5 heteroatoms. The van der Waals surface area contributed by atoms with Gasteiger partial charge >= 0.3 is 0 Å². The number of carbonyl (C=O) groups is 2. The van der Waals surface area contributed by atoms with Crippen molar-refractivity contribution in [2.45, 2.75) is 0 Å². The number of hydrogen-bond donors (Lipinski definition) is 1. The average molecular weight is 317 g/mol. The van der Waals surface area contributed by atoms with E-state index in [4.69, 9.17) is 5.73 Å². The molecule has 0 saturated heterocycles. The normalized spacial score (nSPS) is 13.8. The van der Waals surface area contributed by atoms with Gasteiger partial charge in [0.15, 0.2) is 0 Å². The molecule has 2 aromatic carbocycles. The molecule has 0 aliphatic carbocycles. The van der Waals surface area contributed by atoms with E-state index in [0.29, 0.717) is 22.5 Å². The molecule has 19 heavy (non-hydrogen) atoms. The van der Waals surface area contributed by atoms with Crippen LogP contribution < -0.4 is 10.6 Å². The highest BCUT2D eigenvalue weighted by Crippen LogP contribution is 2.30. The molecule has 1 aliphatic rings. The molecule has 0 saturated carbocycles. The van der Waals surface area contributed by atoms with Crippen LogP contribution in [0.4, 0.5) is 11.4 Å². The smallest absolute Gasteiger partial charge is 0.266 e. The van der Waals surface area contributed by atoms with Crippen LogP contribution in [0.25, 0.3) is 0 Å². The van der Waals surface area contributed by atoms with Gasteiger partial charge < -0.3 is 5.73 Å². The van der Waals surface area contributed by atoms with Gasteiger partial charge in [0.1, 0.15) is 0 Å². The molecular weight excluding hydrogens is 308 g/mol.